The van der Waals surface area contributed by atoms with Crippen molar-refractivity contribution in [2.75, 3.05) is 0 Å². The van der Waals surface area contributed by atoms with Gasteiger partial charge in [-0.1, -0.05) is 60.7 Å². The van der Waals surface area contributed by atoms with Crippen LogP contribution >= 0.6 is 0 Å². The molecule has 0 fully saturated rings. The smallest absolute Gasteiger partial charge is 0.193 e. The summed E-state index contributed by atoms with van der Waals surface area (Å²) in [6.07, 6.45) is 0. The predicted molar refractivity (Wildman–Crippen MR) is 95.9 cm³/mol. The van der Waals surface area contributed by atoms with E-state index in [0.717, 1.165) is 22.3 Å². The van der Waals surface area contributed by atoms with E-state index in [1.807, 2.05) is 68.4 Å². The Balaban J connectivity index is 2.21. The van der Waals surface area contributed by atoms with Crippen LogP contribution in [0.2, 0.25) is 0 Å². The van der Waals surface area contributed by atoms with Gasteiger partial charge in [0.2, 0.25) is 0 Å². The molecule has 2 heteroatoms. The maximum absolute atomic E-state index is 12.9. The van der Waals surface area contributed by atoms with Crippen LogP contribution in [0.5, 0.6) is 0 Å². The Morgan fingerprint density at radius 2 is 1.50 bits per heavy atom. The first-order valence-electron chi connectivity index (χ1n) is 7.83. The zero-order chi connectivity index (χ0) is 17.1. The lowest BCUT2D eigenvalue weighted by molar-refractivity contribution is 0.103. The van der Waals surface area contributed by atoms with Gasteiger partial charge in [0.15, 0.2) is 5.78 Å². The van der Waals surface area contributed by atoms with Crippen molar-refractivity contribution < 1.29 is 4.79 Å². The van der Waals surface area contributed by atoms with E-state index in [-0.39, 0.29) is 5.78 Å². The molecule has 0 bridgehead atoms. The van der Waals surface area contributed by atoms with Gasteiger partial charge in [-0.15, -0.1) is 0 Å². The van der Waals surface area contributed by atoms with Crippen molar-refractivity contribution in [1.29, 1.82) is 5.26 Å². The summed E-state index contributed by atoms with van der Waals surface area (Å²) in [7, 11) is 0. The van der Waals surface area contributed by atoms with Crippen LogP contribution in [0.15, 0.2) is 66.7 Å². The Hall–Kier alpha value is -3.18. The lowest BCUT2D eigenvalue weighted by Gasteiger charge is -2.15. The minimum absolute atomic E-state index is 0.0401. The largest absolute Gasteiger partial charge is 0.289 e. The van der Waals surface area contributed by atoms with Crippen molar-refractivity contribution >= 4 is 5.78 Å². The highest BCUT2D eigenvalue weighted by Crippen LogP contribution is 2.31. The molecule has 3 rings (SSSR count). The van der Waals surface area contributed by atoms with Gasteiger partial charge in [0.25, 0.3) is 0 Å². The van der Waals surface area contributed by atoms with E-state index in [2.05, 4.69) is 6.07 Å². The standard InChI is InChI=1S/C22H17NO/c1-15-13-19(17-9-5-3-6-10-17)20(14-23)16(2)21(15)22(24)18-11-7-4-8-12-18/h3-13H,1-2H3. The second kappa shape index (κ2) is 6.52. The van der Waals surface area contributed by atoms with Gasteiger partial charge in [-0.05, 0) is 36.6 Å². The summed E-state index contributed by atoms with van der Waals surface area (Å²) in [4.78, 5) is 12.9. The summed E-state index contributed by atoms with van der Waals surface area (Å²) >= 11 is 0. The van der Waals surface area contributed by atoms with Gasteiger partial charge in [0, 0.05) is 16.7 Å². The Morgan fingerprint density at radius 3 is 2.08 bits per heavy atom. The first-order valence-corrected chi connectivity index (χ1v) is 7.83. The fourth-order valence-electron chi connectivity index (χ4n) is 3.06. The molecular formula is C22H17NO. The van der Waals surface area contributed by atoms with E-state index in [9.17, 15) is 10.1 Å². The normalized spacial score (nSPS) is 10.2. The van der Waals surface area contributed by atoms with E-state index in [4.69, 9.17) is 0 Å². The van der Waals surface area contributed by atoms with E-state index in [1.54, 1.807) is 12.1 Å². The summed E-state index contributed by atoms with van der Waals surface area (Å²) < 4.78 is 0. The lowest BCUT2D eigenvalue weighted by atomic mass is 9.87. The second-order valence-electron chi connectivity index (χ2n) is 5.79. The molecule has 0 N–H and O–H groups in total. The van der Waals surface area contributed by atoms with Crippen molar-refractivity contribution in [2.45, 2.75) is 13.8 Å². The highest BCUT2D eigenvalue weighted by atomic mass is 16.1. The number of benzene rings is 3. The Kier molecular flexibility index (Phi) is 4.26. The van der Waals surface area contributed by atoms with E-state index in [0.29, 0.717) is 16.7 Å². The minimum atomic E-state index is -0.0401. The summed E-state index contributed by atoms with van der Waals surface area (Å²) in [5.74, 6) is -0.0401. The third-order valence-corrected chi connectivity index (χ3v) is 4.23. The van der Waals surface area contributed by atoms with Crippen LogP contribution in [0, 0.1) is 25.2 Å². The van der Waals surface area contributed by atoms with Crippen LogP contribution in [0.1, 0.15) is 32.6 Å². The average Bonchev–Trinajstić information content (AvgIpc) is 2.62. The summed E-state index contributed by atoms with van der Waals surface area (Å²) in [5, 5.41) is 9.67. The van der Waals surface area contributed by atoms with Gasteiger partial charge in [0.1, 0.15) is 6.07 Å². The Bertz CT molecular complexity index is 935. The van der Waals surface area contributed by atoms with Crippen molar-refractivity contribution in [3.05, 3.63) is 94.5 Å². The zero-order valence-corrected chi connectivity index (χ0v) is 13.7. The number of aryl methyl sites for hydroxylation is 1. The maximum Gasteiger partial charge on any atom is 0.193 e. The van der Waals surface area contributed by atoms with E-state index in [1.165, 1.54) is 0 Å². The van der Waals surface area contributed by atoms with Crippen LogP contribution in [0.25, 0.3) is 11.1 Å². The van der Waals surface area contributed by atoms with Crippen molar-refractivity contribution in [2.24, 2.45) is 0 Å². The van der Waals surface area contributed by atoms with Gasteiger partial charge >= 0.3 is 0 Å². The molecule has 0 atom stereocenters. The molecular weight excluding hydrogens is 294 g/mol. The molecule has 24 heavy (non-hydrogen) atoms. The molecule has 0 amide bonds. The number of nitrogens with zero attached hydrogens (tertiary/aromatic N) is 1. The van der Waals surface area contributed by atoms with E-state index >= 15 is 0 Å². The third-order valence-electron chi connectivity index (χ3n) is 4.23. The number of hydrogen-bond acceptors (Lipinski definition) is 2. The van der Waals surface area contributed by atoms with Crippen molar-refractivity contribution in [3.63, 3.8) is 0 Å². The molecule has 0 saturated heterocycles. The molecule has 2 nitrogen and oxygen atoms in total. The van der Waals surface area contributed by atoms with Gasteiger partial charge < -0.3 is 0 Å². The van der Waals surface area contributed by atoms with Gasteiger partial charge in [-0.3, -0.25) is 4.79 Å². The molecule has 116 valence electrons. The topological polar surface area (TPSA) is 40.9 Å². The molecule has 0 saturated carbocycles. The molecule has 0 heterocycles. The number of hydrogen-bond donors (Lipinski definition) is 0. The SMILES string of the molecule is Cc1cc(-c2ccccc2)c(C#N)c(C)c1C(=O)c1ccccc1. The fraction of sp³-hybridized carbons (Fsp3) is 0.0909. The molecule has 0 aromatic heterocycles. The zero-order valence-electron chi connectivity index (χ0n) is 13.7. The number of carbonyl (C=O) groups is 1. The maximum atomic E-state index is 12.9. The number of ketones is 1. The highest BCUT2D eigenvalue weighted by molar-refractivity contribution is 6.11. The number of nitriles is 1. The number of carbonyl (C=O) groups excluding carboxylic acids is 1. The van der Waals surface area contributed by atoms with Crippen LogP contribution in [-0.2, 0) is 0 Å². The molecule has 0 unspecified atom stereocenters. The Morgan fingerprint density at radius 1 is 0.917 bits per heavy atom. The summed E-state index contributed by atoms with van der Waals surface area (Å²) in [6.45, 7) is 3.78. The lowest BCUT2D eigenvalue weighted by Crippen LogP contribution is -2.08. The summed E-state index contributed by atoms with van der Waals surface area (Å²) in [5.41, 5.74) is 5.31. The molecule has 0 radical (unpaired) electrons. The minimum Gasteiger partial charge on any atom is -0.289 e. The van der Waals surface area contributed by atoms with Crippen molar-refractivity contribution in [1.82, 2.24) is 0 Å². The molecule has 3 aromatic carbocycles. The van der Waals surface area contributed by atoms with E-state index < -0.39 is 0 Å². The molecule has 0 aliphatic carbocycles. The van der Waals surface area contributed by atoms with Crippen LogP contribution < -0.4 is 0 Å². The third kappa shape index (κ3) is 2.73. The first kappa shape index (κ1) is 15.7. The van der Waals surface area contributed by atoms with Crippen LogP contribution in [-0.4, -0.2) is 5.78 Å². The molecule has 3 aromatic rings. The van der Waals surface area contributed by atoms with Gasteiger partial charge in [-0.2, -0.15) is 5.26 Å². The van der Waals surface area contributed by atoms with Crippen LogP contribution in [0.3, 0.4) is 0 Å². The number of rotatable bonds is 3. The monoisotopic (exact) mass is 311 g/mol. The molecule has 0 aliphatic rings. The van der Waals surface area contributed by atoms with Crippen LogP contribution in [0.4, 0.5) is 0 Å². The molecule has 0 aliphatic heterocycles. The Labute approximate surface area is 142 Å². The second-order valence-corrected chi connectivity index (χ2v) is 5.79. The van der Waals surface area contributed by atoms with Gasteiger partial charge in [-0.25, -0.2) is 0 Å². The highest BCUT2D eigenvalue weighted by Gasteiger charge is 2.20. The fourth-order valence-corrected chi connectivity index (χ4v) is 3.06. The summed E-state index contributed by atoms with van der Waals surface area (Å²) in [6, 6.07) is 23.2. The molecule has 0 spiro atoms. The van der Waals surface area contributed by atoms with Crippen molar-refractivity contribution in [3.8, 4) is 17.2 Å². The predicted octanol–water partition coefficient (Wildman–Crippen LogP) is 5.07. The first-order chi connectivity index (χ1) is 11.6. The average molecular weight is 311 g/mol. The van der Waals surface area contributed by atoms with Gasteiger partial charge in [0.05, 0.1) is 5.56 Å². The quantitative estimate of drug-likeness (QED) is 0.633.